The second kappa shape index (κ2) is 8.93. The van der Waals surface area contributed by atoms with Crippen LogP contribution in [-0.2, 0) is 14.4 Å². The van der Waals surface area contributed by atoms with Gasteiger partial charge in [-0.25, -0.2) is 9.18 Å². The van der Waals surface area contributed by atoms with Gasteiger partial charge in [-0.05, 0) is 32.9 Å². The summed E-state index contributed by atoms with van der Waals surface area (Å²) in [7, 11) is 0. The summed E-state index contributed by atoms with van der Waals surface area (Å²) >= 11 is 0. The number of fused-ring (bicyclic) bond motifs is 1. The zero-order valence-electron chi connectivity index (χ0n) is 17.8. The minimum atomic E-state index is -0.919. The molecule has 1 aliphatic heterocycles. The number of aromatic nitrogens is 1. The van der Waals surface area contributed by atoms with Crippen LogP contribution in [0.25, 0.3) is 10.9 Å². The van der Waals surface area contributed by atoms with Crippen LogP contribution in [0.2, 0.25) is 0 Å². The molecule has 0 unspecified atom stereocenters. The predicted molar refractivity (Wildman–Crippen MR) is 110 cm³/mol. The Kier molecular flexibility index (Phi) is 6.46. The van der Waals surface area contributed by atoms with Crippen LogP contribution >= 0.6 is 0 Å². The number of halogens is 1. The van der Waals surface area contributed by atoms with E-state index in [1.165, 1.54) is 22.2 Å². The van der Waals surface area contributed by atoms with Gasteiger partial charge in [0.1, 0.15) is 11.4 Å². The zero-order valence-corrected chi connectivity index (χ0v) is 17.8. The molecule has 12 heteroatoms. The number of carbonyl (C=O) groups is 3. The van der Waals surface area contributed by atoms with E-state index in [-0.39, 0.29) is 48.2 Å². The summed E-state index contributed by atoms with van der Waals surface area (Å²) in [6.45, 7) is 5.68. The third-order valence-corrected chi connectivity index (χ3v) is 4.72. The van der Waals surface area contributed by atoms with Gasteiger partial charge >= 0.3 is 6.16 Å². The van der Waals surface area contributed by atoms with Gasteiger partial charge in [-0.3, -0.25) is 25.7 Å². The van der Waals surface area contributed by atoms with E-state index >= 15 is 0 Å². The van der Waals surface area contributed by atoms with Gasteiger partial charge in [0.05, 0.1) is 24.2 Å². The molecule has 1 aromatic heterocycles. The van der Waals surface area contributed by atoms with Crippen molar-refractivity contribution < 1.29 is 33.6 Å². The van der Waals surface area contributed by atoms with E-state index in [9.17, 15) is 18.8 Å². The van der Waals surface area contributed by atoms with Gasteiger partial charge in [0.2, 0.25) is 0 Å². The number of aromatic amines is 1. The molecule has 1 fully saturated rings. The lowest BCUT2D eigenvalue weighted by molar-refractivity contribution is -0.162. The molecular weight excluding hydrogens is 425 g/mol. The molecule has 1 aliphatic rings. The number of nitrogens with zero attached hydrogens (tertiary/aromatic N) is 2. The summed E-state index contributed by atoms with van der Waals surface area (Å²) < 4.78 is 19.5. The van der Waals surface area contributed by atoms with E-state index in [0.717, 1.165) is 6.07 Å². The first-order chi connectivity index (χ1) is 15.0. The molecule has 0 atom stereocenters. The smallest absolute Gasteiger partial charge is 0.427 e. The summed E-state index contributed by atoms with van der Waals surface area (Å²) in [4.78, 5) is 46.4. The lowest BCUT2D eigenvalue weighted by Crippen LogP contribution is -2.51. The molecule has 0 saturated carbocycles. The maximum absolute atomic E-state index is 14.5. The van der Waals surface area contributed by atoms with Crippen LogP contribution in [0.15, 0.2) is 18.3 Å². The number of hydroxylamine groups is 3. The van der Waals surface area contributed by atoms with Crippen molar-refractivity contribution in [3.63, 3.8) is 0 Å². The van der Waals surface area contributed by atoms with E-state index < -0.39 is 35.1 Å². The van der Waals surface area contributed by atoms with Crippen molar-refractivity contribution in [1.82, 2.24) is 20.4 Å². The molecule has 0 radical (unpaired) electrons. The Bertz CT molecular complexity index is 1070. The number of nitrogens with one attached hydrogen (secondary N) is 3. The number of H-pyrrole nitrogens is 1. The van der Waals surface area contributed by atoms with E-state index in [4.69, 9.17) is 20.2 Å². The van der Waals surface area contributed by atoms with Crippen LogP contribution in [0.5, 0.6) is 0 Å². The SMILES string of the molecule is CC(C)(C)OC(=O)ON1CCN(C(=O)C(=O)c2c[nH]c3c(C(=N)NO)ccc(F)c23)CC1. The third-order valence-electron chi connectivity index (χ3n) is 4.72. The van der Waals surface area contributed by atoms with Crippen molar-refractivity contribution in [2.75, 3.05) is 26.2 Å². The number of ketones is 1. The molecule has 1 saturated heterocycles. The van der Waals surface area contributed by atoms with Crippen LogP contribution in [0.3, 0.4) is 0 Å². The van der Waals surface area contributed by atoms with Gasteiger partial charge in [-0.1, -0.05) is 0 Å². The first-order valence-electron chi connectivity index (χ1n) is 9.80. The fourth-order valence-corrected chi connectivity index (χ4v) is 3.27. The monoisotopic (exact) mass is 449 g/mol. The van der Waals surface area contributed by atoms with Gasteiger partial charge in [0, 0.05) is 30.2 Å². The van der Waals surface area contributed by atoms with Crippen LogP contribution in [0, 0.1) is 11.2 Å². The first-order valence-corrected chi connectivity index (χ1v) is 9.80. The third kappa shape index (κ3) is 4.86. The average molecular weight is 449 g/mol. The topological polar surface area (TPSA) is 148 Å². The lowest BCUT2D eigenvalue weighted by Gasteiger charge is -2.33. The summed E-state index contributed by atoms with van der Waals surface area (Å²) in [5, 5.41) is 17.9. The largest absolute Gasteiger partial charge is 0.528 e. The maximum Gasteiger partial charge on any atom is 0.528 e. The average Bonchev–Trinajstić information content (AvgIpc) is 3.17. The second-order valence-electron chi connectivity index (χ2n) is 8.14. The van der Waals surface area contributed by atoms with Crippen LogP contribution in [0.1, 0.15) is 36.7 Å². The van der Waals surface area contributed by atoms with Crippen LogP contribution in [0.4, 0.5) is 9.18 Å². The number of benzene rings is 1. The standard InChI is InChI=1S/C20H24FN5O6/c1-20(2,3)31-19(29)32-26-8-6-25(7-9-26)18(28)16(27)12-10-23-15-11(17(22)24-30)4-5-13(21)14(12)15/h4-5,10,23,30H,6-9H2,1-3H3,(H2,22,24). The molecule has 172 valence electrons. The van der Waals surface area contributed by atoms with Gasteiger partial charge in [0.15, 0.2) is 5.84 Å². The van der Waals surface area contributed by atoms with Gasteiger partial charge in [0.25, 0.3) is 11.7 Å². The van der Waals surface area contributed by atoms with Crippen LogP contribution < -0.4 is 5.48 Å². The fraction of sp³-hybridized carbons (Fsp3) is 0.400. The maximum atomic E-state index is 14.5. The molecule has 3 rings (SSSR count). The summed E-state index contributed by atoms with van der Waals surface area (Å²) in [6.07, 6.45) is 0.339. The van der Waals surface area contributed by atoms with Crippen molar-refractivity contribution in [2.24, 2.45) is 0 Å². The van der Waals surface area contributed by atoms with Crippen molar-refractivity contribution in [3.05, 3.63) is 35.3 Å². The van der Waals surface area contributed by atoms with Crippen molar-refractivity contribution >= 4 is 34.6 Å². The summed E-state index contributed by atoms with van der Waals surface area (Å²) in [5.74, 6) is -2.90. The second-order valence-corrected chi connectivity index (χ2v) is 8.14. The number of carbonyl (C=O) groups excluding carboxylic acids is 3. The number of ether oxygens (including phenoxy) is 1. The normalized spacial score (nSPS) is 14.8. The van der Waals surface area contributed by atoms with E-state index in [1.54, 1.807) is 26.3 Å². The van der Waals surface area contributed by atoms with E-state index in [1.807, 2.05) is 0 Å². The number of hydrogen-bond donors (Lipinski definition) is 4. The van der Waals surface area contributed by atoms with Gasteiger partial charge < -0.3 is 19.5 Å². The molecule has 4 N–H and O–H groups in total. The minimum Gasteiger partial charge on any atom is -0.427 e. The Morgan fingerprint density at radius 3 is 2.41 bits per heavy atom. The molecule has 11 nitrogen and oxygen atoms in total. The molecule has 1 aromatic carbocycles. The highest BCUT2D eigenvalue weighted by Gasteiger charge is 2.31. The summed E-state index contributed by atoms with van der Waals surface area (Å²) in [6, 6.07) is 2.31. The Labute approximate surface area is 182 Å². The highest BCUT2D eigenvalue weighted by atomic mass is 19.1. The number of hydrogen-bond acceptors (Lipinski definition) is 8. The molecule has 2 heterocycles. The number of amidine groups is 1. The molecule has 0 aliphatic carbocycles. The molecule has 32 heavy (non-hydrogen) atoms. The number of rotatable bonds is 4. The summed E-state index contributed by atoms with van der Waals surface area (Å²) in [5.41, 5.74) is 1.01. The highest BCUT2D eigenvalue weighted by Crippen LogP contribution is 2.26. The molecule has 1 amide bonds. The first kappa shape index (κ1) is 23.2. The number of piperazine rings is 1. The molecule has 0 bridgehead atoms. The Morgan fingerprint density at radius 2 is 1.81 bits per heavy atom. The Hall–Kier alpha value is -3.51. The van der Waals surface area contributed by atoms with Crippen molar-refractivity contribution in [1.29, 1.82) is 5.41 Å². The van der Waals surface area contributed by atoms with E-state index in [0.29, 0.717) is 0 Å². The number of Topliss-reactive ketones (excluding diaryl/α,β-unsaturated/α-hetero) is 1. The van der Waals surface area contributed by atoms with E-state index in [2.05, 4.69) is 4.98 Å². The fourth-order valence-electron chi connectivity index (χ4n) is 3.27. The minimum absolute atomic E-state index is 0.100. The van der Waals surface area contributed by atoms with Crippen LogP contribution in [-0.4, -0.2) is 75.6 Å². The van der Waals surface area contributed by atoms with Gasteiger partial charge in [-0.15, -0.1) is 5.06 Å². The predicted octanol–water partition coefficient (Wildman–Crippen LogP) is 1.80. The Morgan fingerprint density at radius 1 is 1.16 bits per heavy atom. The molecule has 2 aromatic rings. The number of amides is 1. The quantitative estimate of drug-likeness (QED) is 0.138. The highest BCUT2D eigenvalue weighted by molar-refractivity contribution is 6.45. The molecular formula is C20H24FN5O6. The lowest BCUT2D eigenvalue weighted by atomic mass is 10.0. The van der Waals surface area contributed by atoms with Crippen molar-refractivity contribution in [3.8, 4) is 0 Å². The van der Waals surface area contributed by atoms with Gasteiger partial charge in [-0.2, -0.15) is 0 Å². The van der Waals surface area contributed by atoms with Crippen molar-refractivity contribution in [2.45, 2.75) is 26.4 Å². The Balaban J connectivity index is 1.70. The molecule has 0 spiro atoms. The zero-order chi connectivity index (χ0) is 23.6.